The summed E-state index contributed by atoms with van der Waals surface area (Å²) in [5.74, 6) is -0.768. The van der Waals surface area contributed by atoms with Gasteiger partial charge in [-0.05, 0) is 11.8 Å². The number of nitrogens with one attached hydrogen (secondary N) is 2. The Morgan fingerprint density at radius 1 is 1.20 bits per heavy atom. The molecule has 0 saturated carbocycles. The third-order valence-electron chi connectivity index (χ3n) is 2.53. The van der Waals surface area contributed by atoms with Gasteiger partial charge in [0.25, 0.3) is 5.56 Å². The third kappa shape index (κ3) is 3.18. The molecule has 0 saturated heterocycles. The van der Waals surface area contributed by atoms with Crippen LogP contribution in [0.25, 0.3) is 0 Å². The van der Waals surface area contributed by atoms with Crippen LogP contribution in [-0.4, -0.2) is 22.2 Å². The van der Waals surface area contributed by atoms with E-state index in [0.29, 0.717) is 0 Å². The predicted molar refractivity (Wildman–Crippen MR) is 75.0 cm³/mol. The van der Waals surface area contributed by atoms with Gasteiger partial charge >= 0.3 is 11.7 Å². The molecule has 0 bridgehead atoms. The van der Waals surface area contributed by atoms with Crippen molar-refractivity contribution in [2.24, 2.45) is 0 Å². The number of esters is 1. The number of carbonyl (C=O) groups excluding carboxylic acids is 1. The summed E-state index contributed by atoms with van der Waals surface area (Å²) < 4.78 is 5.08. The summed E-state index contributed by atoms with van der Waals surface area (Å²) in [5.41, 5.74) is -0.782. The van der Waals surface area contributed by atoms with Gasteiger partial charge in [0.1, 0.15) is 6.61 Å². The zero-order valence-corrected chi connectivity index (χ0v) is 11.5. The van der Waals surface area contributed by atoms with E-state index < -0.39 is 17.2 Å². The Labute approximate surface area is 118 Å². The number of rotatable bonds is 4. The lowest BCUT2D eigenvalue weighted by Crippen LogP contribution is -2.29. The van der Waals surface area contributed by atoms with Crippen LogP contribution in [0.1, 0.15) is 15.9 Å². The second-order valence-corrected chi connectivity index (χ2v) is 4.69. The third-order valence-corrected chi connectivity index (χ3v) is 3.24. The number of H-pyrrole nitrogens is 2. The summed E-state index contributed by atoms with van der Waals surface area (Å²) in [6.07, 6.45) is 1.65. The Bertz CT molecular complexity index is 721. The molecule has 0 aliphatic carbocycles. The highest BCUT2D eigenvalue weighted by Gasteiger charge is 2.18. The van der Waals surface area contributed by atoms with Crippen molar-refractivity contribution in [2.75, 3.05) is 6.26 Å². The Morgan fingerprint density at radius 2 is 1.90 bits per heavy atom. The molecule has 1 aromatic heterocycles. The van der Waals surface area contributed by atoms with Crippen LogP contribution in [0.5, 0.6) is 0 Å². The molecule has 0 fully saturated rings. The van der Waals surface area contributed by atoms with Gasteiger partial charge in [-0.2, -0.15) is 0 Å². The molecular formula is C13H12N2O4S. The summed E-state index contributed by atoms with van der Waals surface area (Å²) in [6, 6.07) is 9.11. The SMILES string of the molecule is CSc1[nH]c(=O)[nH]c(=O)c1C(=O)OCc1ccccc1. The van der Waals surface area contributed by atoms with Crippen LogP contribution in [0.3, 0.4) is 0 Å². The molecular weight excluding hydrogens is 280 g/mol. The number of hydrogen-bond acceptors (Lipinski definition) is 5. The highest BCUT2D eigenvalue weighted by atomic mass is 32.2. The number of hydrogen-bond donors (Lipinski definition) is 2. The van der Waals surface area contributed by atoms with E-state index in [2.05, 4.69) is 4.98 Å². The molecule has 0 aliphatic heterocycles. The van der Waals surface area contributed by atoms with E-state index in [1.165, 1.54) is 0 Å². The summed E-state index contributed by atoms with van der Waals surface area (Å²) >= 11 is 1.10. The molecule has 0 radical (unpaired) electrons. The first-order chi connectivity index (χ1) is 9.61. The van der Waals surface area contributed by atoms with Crippen molar-refractivity contribution < 1.29 is 9.53 Å². The normalized spacial score (nSPS) is 10.2. The molecule has 20 heavy (non-hydrogen) atoms. The van der Waals surface area contributed by atoms with Crippen LogP contribution in [0.2, 0.25) is 0 Å². The maximum Gasteiger partial charge on any atom is 0.346 e. The van der Waals surface area contributed by atoms with Crippen LogP contribution in [-0.2, 0) is 11.3 Å². The molecule has 0 spiro atoms. The molecule has 2 aromatic rings. The van der Waals surface area contributed by atoms with E-state index in [9.17, 15) is 14.4 Å². The summed E-state index contributed by atoms with van der Waals surface area (Å²) in [5, 5.41) is 0.191. The smallest absolute Gasteiger partial charge is 0.346 e. The van der Waals surface area contributed by atoms with E-state index >= 15 is 0 Å². The van der Waals surface area contributed by atoms with Crippen molar-refractivity contribution in [3.63, 3.8) is 0 Å². The minimum Gasteiger partial charge on any atom is -0.457 e. The molecule has 1 heterocycles. The molecule has 7 heteroatoms. The summed E-state index contributed by atoms with van der Waals surface area (Å²) in [4.78, 5) is 39.2. The van der Waals surface area contributed by atoms with Crippen LogP contribution >= 0.6 is 11.8 Å². The standard InChI is InChI=1S/C13H12N2O4S/c1-20-11-9(10(16)14-13(18)15-11)12(17)19-7-8-5-3-2-4-6-8/h2-6H,7H2,1H3,(H2,14,15,16,18). The molecule has 2 N–H and O–H groups in total. The molecule has 6 nitrogen and oxygen atoms in total. The quantitative estimate of drug-likeness (QED) is 0.501. The van der Waals surface area contributed by atoms with Crippen molar-refractivity contribution in [1.82, 2.24) is 9.97 Å². The van der Waals surface area contributed by atoms with Crippen LogP contribution in [0.15, 0.2) is 44.9 Å². The van der Waals surface area contributed by atoms with Crippen LogP contribution in [0.4, 0.5) is 0 Å². The topological polar surface area (TPSA) is 92.0 Å². The van der Waals surface area contributed by atoms with E-state index in [1.54, 1.807) is 18.4 Å². The van der Waals surface area contributed by atoms with Crippen LogP contribution in [0, 0.1) is 0 Å². The van der Waals surface area contributed by atoms with E-state index in [-0.39, 0.29) is 17.2 Å². The minimum atomic E-state index is -0.768. The number of benzene rings is 1. The van der Waals surface area contributed by atoms with Crippen molar-refractivity contribution >= 4 is 17.7 Å². The Kier molecular flexibility index (Phi) is 4.41. The van der Waals surface area contributed by atoms with Gasteiger partial charge in [-0.25, -0.2) is 9.59 Å². The van der Waals surface area contributed by atoms with Gasteiger partial charge in [-0.1, -0.05) is 30.3 Å². The fourth-order valence-electron chi connectivity index (χ4n) is 1.60. The Hall–Kier alpha value is -2.28. The van der Waals surface area contributed by atoms with Gasteiger partial charge < -0.3 is 9.72 Å². The maximum absolute atomic E-state index is 12.0. The number of carbonyl (C=O) groups is 1. The van der Waals surface area contributed by atoms with Gasteiger partial charge in [0, 0.05) is 0 Å². The highest BCUT2D eigenvalue weighted by Crippen LogP contribution is 2.14. The van der Waals surface area contributed by atoms with Gasteiger partial charge in [-0.3, -0.25) is 9.78 Å². The van der Waals surface area contributed by atoms with Gasteiger partial charge in [0.05, 0.1) is 5.03 Å². The first kappa shape index (κ1) is 14.1. The number of aromatic nitrogens is 2. The lowest BCUT2D eigenvalue weighted by Gasteiger charge is -2.06. The van der Waals surface area contributed by atoms with E-state index in [4.69, 9.17) is 4.74 Å². The van der Waals surface area contributed by atoms with Gasteiger partial charge in [-0.15, -0.1) is 11.8 Å². The van der Waals surface area contributed by atoms with Gasteiger partial charge in [0.2, 0.25) is 0 Å². The van der Waals surface area contributed by atoms with E-state index in [1.807, 2.05) is 23.2 Å². The number of ether oxygens (including phenoxy) is 1. The fourth-order valence-corrected chi connectivity index (χ4v) is 2.17. The molecule has 104 valence electrons. The number of thioether (sulfide) groups is 1. The van der Waals surface area contributed by atoms with Crippen molar-refractivity contribution in [3.8, 4) is 0 Å². The molecule has 0 atom stereocenters. The van der Waals surface area contributed by atoms with Gasteiger partial charge in [0.15, 0.2) is 5.56 Å². The monoisotopic (exact) mass is 292 g/mol. The summed E-state index contributed by atoms with van der Waals surface area (Å²) in [7, 11) is 0. The maximum atomic E-state index is 12.0. The Balaban J connectivity index is 2.22. The first-order valence-electron chi connectivity index (χ1n) is 5.73. The Morgan fingerprint density at radius 3 is 2.55 bits per heavy atom. The summed E-state index contributed by atoms with van der Waals surface area (Å²) in [6.45, 7) is 0.0616. The first-order valence-corrected chi connectivity index (χ1v) is 6.96. The average Bonchev–Trinajstić information content (AvgIpc) is 2.45. The molecule has 1 aromatic carbocycles. The van der Waals surface area contributed by atoms with Crippen molar-refractivity contribution in [2.45, 2.75) is 11.6 Å². The largest absolute Gasteiger partial charge is 0.457 e. The highest BCUT2D eigenvalue weighted by molar-refractivity contribution is 7.98. The minimum absolute atomic E-state index is 0.0616. The average molecular weight is 292 g/mol. The van der Waals surface area contributed by atoms with Crippen molar-refractivity contribution in [3.05, 3.63) is 62.3 Å². The molecule has 0 unspecified atom stereocenters. The lowest BCUT2D eigenvalue weighted by atomic mass is 10.2. The van der Waals surface area contributed by atoms with Crippen molar-refractivity contribution in [1.29, 1.82) is 0 Å². The number of aromatic amines is 2. The lowest BCUT2D eigenvalue weighted by molar-refractivity contribution is 0.0465. The van der Waals surface area contributed by atoms with Crippen LogP contribution < -0.4 is 11.2 Å². The van der Waals surface area contributed by atoms with E-state index in [0.717, 1.165) is 17.3 Å². The molecule has 0 aliphatic rings. The zero-order chi connectivity index (χ0) is 14.5. The zero-order valence-electron chi connectivity index (χ0n) is 10.6. The second kappa shape index (κ2) is 6.25. The predicted octanol–water partition coefficient (Wildman–Crippen LogP) is 1.14. The fraction of sp³-hybridized carbons (Fsp3) is 0.154. The second-order valence-electron chi connectivity index (χ2n) is 3.88. The molecule has 2 rings (SSSR count). The molecule has 0 amide bonds.